The predicted molar refractivity (Wildman–Crippen MR) is 147 cm³/mol. The third-order valence-corrected chi connectivity index (χ3v) is 7.08. The number of benzene rings is 5. The van der Waals surface area contributed by atoms with E-state index in [0.717, 1.165) is 49.7 Å². The van der Waals surface area contributed by atoms with Crippen LogP contribution in [0, 0.1) is 5.82 Å². The van der Waals surface area contributed by atoms with Gasteiger partial charge in [0.2, 0.25) is 5.71 Å². The average molecular weight is 480 g/mol. The number of fused-ring (bicyclic) bond motifs is 6. The normalized spacial score (nSPS) is 11.9. The first-order chi connectivity index (χ1) is 18.3. The molecule has 0 saturated carbocycles. The molecule has 3 heterocycles. The molecule has 5 aromatic carbocycles. The molecule has 0 N–H and O–H groups in total. The van der Waals surface area contributed by atoms with E-state index in [9.17, 15) is 4.39 Å². The first kappa shape index (κ1) is 20.2. The van der Waals surface area contributed by atoms with Crippen LogP contribution in [0.5, 0.6) is 0 Å². The number of rotatable bonds is 2. The predicted octanol–water partition coefficient (Wildman–Crippen LogP) is 8.43. The SMILES string of the molecule is Fc1cccc2nc3oc4c(-c5nc6ccccc6n5-c5cccc6ccccc56)cccc4c3cc12. The van der Waals surface area contributed by atoms with Gasteiger partial charge in [0.15, 0.2) is 0 Å². The number of nitrogens with zero attached hydrogens (tertiary/aromatic N) is 3. The molecule has 0 aliphatic carbocycles. The van der Waals surface area contributed by atoms with E-state index in [2.05, 4.69) is 52.0 Å². The van der Waals surface area contributed by atoms with Gasteiger partial charge in [-0.2, -0.15) is 0 Å². The lowest BCUT2D eigenvalue weighted by molar-refractivity contribution is 0.639. The molecule has 0 radical (unpaired) electrons. The van der Waals surface area contributed by atoms with Crippen molar-refractivity contribution in [2.75, 3.05) is 0 Å². The van der Waals surface area contributed by atoms with Crippen molar-refractivity contribution in [3.63, 3.8) is 0 Å². The fourth-order valence-corrected chi connectivity index (χ4v) is 5.40. The van der Waals surface area contributed by atoms with Crippen molar-refractivity contribution in [3.05, 3.63) is 115 Å². The molecule has 0 bridgehead atoms. The Morgan fingerprint density at radius 3 is 2.35 bits per heavy atom. The molecule has 37 heavy (non-hydrogen) atoms. The Morgan fingerprint density at radius 1 is 0.622 bits per heavy atom. The third kappa shape index (κ3) is 2.88. The van der Waals surface area contributed by atoms with Crippen molar-refractivity contribution in [2.24, 2.45) is 0 Å². The maximum absolute atomic E-state index is 14.6. The van der Waals surface area contributed by atoms with Gasteiger partial charge in [-0.3, -0.25) is 4.57 Å². The Kier molecular flexibility index (Phi) is 4.08. The summed E-state index contributed by atoms with van der Waals surface area (Å²) >= 11 is 0. The average Bonchev–Trinajstić information content (AvgIpc) is 3.50. The maximum atomic E-state index is 14.6. The lowest BCUT2D eigenvalue weighted by Gasteiger charge is -2.13. The molecular formula is C32H18FN3O. The zero-order valence-corrected chi connectivity index (χ0v) is 19.5. The van der Waals surface area contributed by atoms with Crippen LogP contribution in [0.4, 0.5) is 4.39 Å². The van der Waals surface area contributed by atoms with Crippen LogP contribution in [-0.4, -0.2) is 14.5 Å². The third-order valence-electron chi connectivity index (χ3n) is 7.08. The quantitative estimate of drug-likeness (QED) is 0.250. The monoisotopic (exact) mass is 479 g/mol. The van der Waals surface area contributed by atoms with Crippen LogP contribution in [0.25, 0.3) is 71.9 Å². The Bertz CT molecular complexity index is 2170. The molecule has 0 aliphatic heterocycles. The van der Waals surface area contributed by atoms with E-state index < -0.39 is 0 Å². The number of pyridine rings is 1. The second-order valence-corrected chi connectivity index (χ2v) is 9.19. The zero-order chi connectivity index (χ0) is 24.5. The summed E-state index contributed by atoms with van der Waals surface area (Å²) in [6.45, 7) is 0. The smallest absolute Gasteiger partial charge is 0.227 e. The van der Waals surface area contributed by atoms with Crippen LogP contribution in [0.2, 0.25) is 0 Å². The molecule has 0 spiro atoms. The largest absolute Gasteiger partial charge is 0.437 e. The van der Waals surface area contributed by atoms with Gasteiger partial charge in [-0.1, -0.05) is 66.7 Å². The molecule has 0 atom stereocenters. The molecule has 174 valence electrons. The molecule has 3 aromatic heterocycles. The van der Waals surface area contributed by atoms with Gasteiger partial charge in [0, 0.05) is 21.5 Å². The standard InChI is InChI=1S/C32H18FN3O/c33-25-13-7-15-26-24(25)18-23-21-11-6-12-22(30(21)37-32(23)35-26)31-34-27-14-3-4-16-29(27)36(31)28-17-5-9-19-8-1-2-10-20(19)28/h1-18H. The van der Waals surface area contributed by atoms with E-state index in [1.807, 2.05) is 48.5 Å². The van der Waals surface area contributed by atoms with Gasteiger partial charge in [-0.25, -0.2) is 14.4 Å². The summed E-state index contributed by atoms with van der Waals surface area (Å²) < 4.78 is 23.1. The van der Waals surface area contributed by atoms with Gasteiger partial charge in [-0.05, 0) is 47.9 Å². The Balaban J connectivity index is 1.49. The zero-order valence-electron chi connectivity index (χ0n) is 19.5. The number of halogens is 1. The van der Waals surface area contributed by atoms with E-state index in [4.69, 9.17) is 9.40 Å². The molecular weight excluding hydrogens is 461 g/mol. The van der Waals surface area contributed by atoms with Crippen LogP contribution >= 0.6 is 0 Å². The molecule has 0 fully saturated rings. The van der Waals surface area contributed by atoms with Gasteiger partial charge < -0.3 is 4.42 Å². The Morgan fingerprint density at radius 2 is 1.38 bits per heavy atom. The molecule has 0 saturated heterocycles. The van der Waals surface area contributed by atoms with Gasteiger partial charge in [0.25, 0.3) is 0 Å². The van der Waals surface area contributed by atoms with Crippen molar-refractivity contribution in [1.82, 2.24) is 14.5 Å². The molecule has 8 rings (SSSR count). The van der Waals surface area contributed by atoms with Crippen molar-refractivity contribution in [2.45, 2.75) is 0 Å². The highest BCUT2D eigenvalue weighted by Gasteiger charge is 2.21. The van der Waals surface area contributed by atoms with Crippen LogP contribution in [-0.2, 0) is 0 Å². The van der Waals surface area contributed by atoms with E-state index in [0.29, 0.717) is 22.2 Å². The molecule has 8 aromatic rings. The fraction of sp³-hybridized carbons (Fsp3) is 0. The molecule has 0 unspecified atom stereocenters. The van der Waals surface area contributed by atoms with Crippen molar-refractivity contribution in [3.8, 4) is 17.1 Å². The Hall–Kier alpha value is -5.03. The summed E-state index contributed by atoms with van der Waals surface area (Å²) in [4.78, 5) is 9.72. The van der Waals surface area contributed by atoms with Crippen LogP contribution in [0.1, 0.15) is 0 Å². The maximum Gasteiger partial charge on any atom is 0.227 e. The first-order valence-corrected chi connectivity index (χ1v) is 12.1. The molecule has 0 amide bonds. The number of para-hydroxylation sites is 3. The van der Waals surface area contributed by atoms with Gasteiger partial charge in [0.1, 0.15) is 17.2 Å². The summed E-state index contributed by atoms with van der Waals surface area (Å²) in [5, 5.41) is 4.42. The molecule has 0 aliphatic rings. The summed E-state index contributed by atoms with van der Waals surface area (Å²) in [6.07, 6.45) is 0. The topological polar surface area (TPSA) is 43.9 Å². The number of imidazole rings is 1. The number of hydrogen-bond acceptors (Lipinski definition) is 3. The highest BCUT2D eigenvalue weighted by atomic mass is 19.1. The minimum Gasteiger partial charge on any atom is -0.437 e. The minimum absolute atomic E-state index is 0.296. The fourth-order valence-electron chi connectivity index (χ4n) is 5.40. The van der Waals surface area contributed by atoms with E-state index in [-0.39, 0.29) is 5.82 Å². The number of furan rings is 1. The van der Waals surface area contributed by atoms with E-state index in [1.165, 1.54) is 6.07 Å². The number of aromatic nitrogens is 3. The Labute approximate surface area is 210 Å². The highest BCUT2D eigenvalue weighted by Crippen LogP contribution is 2.39. The molecule has 5 heteroatoms. The second-order valence-electron chi connectivity index (χ2n) is 9.19. The summed E-state index contributed by atoms with van der Waals surface area (Å²) in [5.74, 6) is 0.480. The van der Waals surface area contributed by atoms with Crippen LogP contribution in [0.3, 0.4) is 0 Å². The minimum atomic E-state index is -0.296. The van der Waals surface area contributed by atoms with Gasteiger partial charge in [-0.15, -0.1) is 0 Å². The number of hydrogen-bond donors (Lipinski definition) is 0. The van der Waals surface area contributed by atoms with Gasteiger partial charge in [0.05, 0.1) is 27.8 Å². The van der Waals surface area contributed by atoms with Crippen molar-refractivity contribution >= 4 is 54.8 Å². The molecule has 4 nitrogen and oxygen atoms in total. The second kappa shape index (κ2) is 7.48. The lowest BCUT2D eigenvalue weighted by Crippen LogP contribution is -1.99. The van der Waals surface area contributed by atoms with Crippen molar-refractivity contribution < 1.29 is 8.81 Å². The van der Waals surface area contributed by atoms with Gasteiger partial charge >= 0.3 is 0 Å². The highest BCUT2D eigenvalue weighted by molar-refractivity contribution is 6.11. The summed E-state index contributed by atoms with van der Waals surface area (Å²) in [5.41, 5.74) is 5.52. The first-order valence-electron chi connectivity index (χ1n) is 12.1. The summed E-state index contributed by atoms with van der Waals surface area (Å²) in [7, 11) is 0. The van der Waals surface area contributed by atoms with E-state index >= 15 is 0 Å². The van der Waals surface area contributed by atoms with Crippen LogP contribution in [0.15, 0.2) is 114 Å². The lowest BCUT2D eigenvalue weighted by atomic mass is 10.1. The van der Waals surface area contributed by atoms with E-state index in [1.54, 1.807) is 12.1 Å². The van der Waals surface area contributed by atoms with Crippen LogP contribution < -0.4 is 0 Å². The van der Waals surface area contributed by atoms with Crippen molar-refractivity contribution in [1.29, 1.82) is 0 Å². The summed E-state index contributed by atoms with van der Waals surface area (Å²) in [6, 6.07) is 35.6.